The van der Waals surface area contributed by atoms with Gasteiger partial charge in [0.05, 0.1) is 0 Å². The van der Waals surface area contributed by atoms with Crippen LogP contribution in [0.4, 0.5) is 0 Å². The summed E-state index contributed by atoms with van der Waals surface area (Å²) in [5.74, 6) is 0.348. The van der Waals surface area contributed by atoms with Crippen LogP contribution in [0.5, 0.6) is 0 Å². The highest BCUT2D eigenvalue weighted by Crippen LogP contribution is 2.34. The van der Waals surface area contributed by atoms with Gasteiger partial charge in [-0.1, -0.05) is 78.9 Å². The molecule has 0 amide bonds. The summed E-state index contributed by atoms with van der Waals surface area (Å²) in [4.78, 5) is 2.27. The molecule has 0 atom stereocenters. The van der Waals surface area contributed by atoms with Gasteiger partial charge in [-0.3, -0.25) is 0 Å². The molecule has 4 aromatic rings. The van der Waals surface area contributed by atoms with Gasteiger partial charge in [0, 0.05) is 42.5 Å². The number of fused-ring (bicyclic) bond motifs is 1. The Morgan fingerprint density at radius 1 is 0.759 bits per heavy atom. The van der Waals surface area contributed by atoms with Crippen LogP contribution in [0.15, 0.2) is 84.9 Å². The molecule has 0 bridgehead atoms. The molecular weight excluding hydrogens is 352 g/mol. The Morgan fingerprint density at radius 2 is 1.31 bits per heavy atom. The lowest BCUT2D eigenvalue weighted by molar-refractivity contribution is 0.409. The number of hydrogen-bond acceptors (Lipinski definition) is 1. The highest BCUT2D eigenvalue weighted by molar-refractivity contribution is 5.85. The maximum absolute atomic E-state index is 2.40. The van der Waals surface area contributed by atoms with Crippen molar-refractivity contribution in [3.8, 4) is 0 Å². The zero-order chi connectivity index (χ0) is 20.2. The van der Waals surface area contributed by atoms with Gasteiger partial charge in [-0.25, -0.2) is 0 Å². The number of hydrogen-bond donors (Lipinski definition) is 0. The van der Waals surface area contributed by atoms with E-state index in [1.807, 2.05) is 0 Å². The zero-order valence-electron chi connectivity index (χ0n) is 17.7. The van der Waals surface area contributed by atoms with Crippen LogP contribution in [-0.4, -0.2) is 30.1 Å². The summed E-state index contributed by atoms with van der Waals surface area (Å²) in [6, 6.07) is 30.7. The molecule has 0 unspecified atom stereocenters. The van der Waals surface area contributed by atoms with E-state index in [9.17, 15) is 0 Å². The smallest absolute Gasteiger partial charge is 0.0482 e. The predicted molar refractivity (Wildman–Crippen MR) is 124 cm³/mol. The average Bonchev–Trinajstić information content (AvgIpc) is 3.03. The minimum absolute atomic E-state index is 0.348. The van der Waals surface area contributed by atoms with Crippen LogP contribution in [0.25, 0.3) is 10.9 Å². The van der Waals surface area contributed by atoms with Crippen LogP contribution in [0.3, 0.4) is 0 Å². The second-order valence-electron chi connectivity index (χ2n) is 8.13. The first kappa shape index (κ1) is 19.5. The molecule has 0 radical (unpaired) electrons. The SMILES string of the molecule is CN(C)CCc1c(CC(c2ccccc2)c2ccccc2)c2ccccc2n1C. The van der Waals surface area contributed by atoms with Crippen LogP contribution in [0, 0.1) is 0 Å². The van der Waals surface area contributed by atoms with Crippen LogP contribution in [0.2, 0.25) is 0 Å². The lowest BCUT2D eigenvalue weighted by atomic mass is 9.85. The summed E-state index contributed by atoms with van der Waals surface area (Å²) in [6.07, 6.45) is 2.07. The topological polar surface area (TPSA) is 8.17 Å². The van der Waals surface area contributed by atoms with Gasteiger partial charge in [-0.05, 0) is 43.3 Å². The number of para-hydroxylation sites is 1. The van der Waals surface area contributed by atoms with E-state index in [2.05, 4.69) is 116 Å². The minimum Gasteiger partial charge on any atom is -0.347 e. The second kappa shape index (κ2) is 8.67. The van der Waals surface area contributed by atoms with E-state index in [-0.39, 0.29) is 0 Å². The lowest BCUT2D eigenvalue weighted by Gasteiger charge is -2.20. The quantitative estimate of drug-likeness (QED) is 0.400. The number of rotatable bonds is 7. The van der Waals surface area contributed by atoms with E-state index in [4.69, 9.17) is 0 Å². The van der Waals surface area contributed by atoms with Crippen LogP contribution < -0.4 is 0 Å². The van der Waals surface area contributed by atoms with Crippen molar-refractivity contribution in [3.05, 3.63) is 107 Å². The number of aryl methyl sites for hydroxylation is 1. The number of likely N-dealkylation sites (N-methyl/N-ethyl adjacent to an activating group) is 1. The van der Waals surface area contributed by atoms with Crippen molar-refractivity contribution in [1.82, 2.24) is 9.47 Å². The van der Waals surface area contributed by atoms with E-state index in [1.165, 1.54) is 33.3 Å². The standard InChI is InChI=1S/C27H30N2/c1-28(2)19-18-27-25(23-16-10-11-17-26(23)29(27)3)20-24(21-12-6-4-7-13-21)22-14-8-5-9-15-22/h4-17,24H,18-20H2,1-3H3. The molecular formula is C27H30N2. The Labute approximate surface area is 174 Å². The average molecular weight is 383 g/mol. The first-order valence-corrected chi connectivity index (χ1v) is 10.4. The molecule has 3 aromatic carbocycles. The Hall–Kier alpha value is -2.84. The minimum atomic E-state index is 0.348. The molecule has 1 aromatic heterocycles. The number of nitrogens with zero attached hydrogens (tertiary/aromatic N) is 2. The molecule has 29 heavy (non-hydrogen) atoms. The van der Waals surface area contributed by atoms with Crippen LogP contribution in [0.1, 0.15) is 28.3 Å². The molecule has 4 rings (SSSR count). The molecule has 0 saturated heterocycles. The summed E-state index contributed by atoms with van der Waals surface area (Å²) in [5, 5.41) is 1.39. The van der Waals surface area contributed by atoms with Gasteiger partial charge in [0.25, 0.3) is 0 Å². The van der Waals surface area contributed by atoms with Crippen molar-refractivity contribution in [1.29, 1.82) is 0 Å². The Kier molecular flexibility index (Phi) is 5.82. The highest BCUT2D eigenvalue weighted by atomic mass is 15.1. The third kappa shape index (κ3) is 4.13. The first-order chi connectivity index (χ1) is 14.1. The normalized spacial score (nSPS) is 11.6. The third-order valence-electron chi connectivity index (χ3n) is 5.95. The summed E-state index contributed by atoms with van der Waals surface area (Å²) in [7, 11) is 6.52. The molecule has 2 nitrogen and oxygen atoms in total. The Morgan fingerprint density at radius 3 is 1.90 bits per heavy atom. The molecule has 0 N–H and O–H groups in total. The molecule has 2 heteroatoms. The van der Waals surface area contributed by atoms with E-state index < -0.39 is 0 Å². The summed E-state index contributed by atoms with van der Waals surface area (Å²) in [6.45, 7) is 1.05. The third-order valence-corrected chi connectivity index (χ3v) is 5.95. The molecule has 0 aliphatic heterocycles. The van der Waals surface area contributed by atoms with Crippen LogP contribution in [-0.2, 0) is 19.9 Å². The highest BCUT2D eigenvalue weighted by Gasteiger charge is 2.21. The maximum atomic E-state index is 2.40. The molecule has 148 valence electrons. The van der Waals surface area contributed by atoms with Crippen molar-refractivity contribution >= 4 is 10.9 Å². The molecule has 0 fully saturated rings. The van der Waals surface area contributed by atoms with Gasteiger partial charge in [0.15, 0.2) is 0 Å². The molecule has 0 aliphatic carbocycles. The first-order valence-electron chi connectivity index (χ1n) is 10.4. The molecule has 1 heterocycles. The summed E-state index contributed by atoms with van der Waals surface area (Å²) in [5.41, 5.74) is 7.03. The van der Waals surface area contributed by atoms with Crippen molar-refractivity contribution < 1.29 is 0 Å². The van der Waals surface area contributed by atoms with Gasteiger partial charge >= 0.3 is 0 Å². The number of benzene rings is 3. The Balaban J connectivity index is 1.82. The van der Waals surface area contributed by atoms with Gasteiger partial charge in [-0.2, -0.15) is 0 Å². The van der Waals surface area contributed by atoms with Gasteiger partial charge in [-0.15, -0.1) is 0 Å². The predicted octanol–water partition coefficient (Wildman–Crippen LogP) is 5.66. The monoisotopic (exact) mass is 382 g/mol. The zero-order valence-corrected chi connectivity index (χ0v) is 17.7. The second-order valence-corrected chi connectivity index (χ2v) is 8.13. The Bertz CT molecular complexity index is 1020. The maximum Gasteiger partial charge on any atom is 0.0482 e. The van der Waals surface area contributed by atoms with E-state index in [0.29, 0.717) is 5.92 Å². The largest absolute Gasteiger partial charge is 0.347 e. The van der Waals surface area contributed by atoms with Crippen molar-refractivity contribution in [2.75, 3.05) is 20.6 Å². The van der Waals surface area contributed by atoms with Crippen molar-refractivity contribution in [2.45, 2.75) is 18.8 Å². The van der Waals surface area contributed by atoms with Gasteiger partial charge in [0.2, 0.25) is 0 Å². The lowest BCUT2D eigenvalue weighted by Crippen LogP contribution is -2.17. The van der Waals surface area contributed by atoms with E-state index in [1.54, 1.807) is 0 Å². The summed E-state index contributed by atoms with van der Waals surface area (Å²) >= 11 is 0. The molecule has 0 saturated carbocycles. The van der Waals surface area contributed by atoms with Crippen molar-refractivity contribution in [3.63, 3.8) is 0 Å². The number of aromatic nitrogens is 1. The fraction of sp³-hybridized carbons (Fsp3) is 0.259. The fourth-order valence-corrected chi connectivity index (χ4v) is 4.40. The van der Waals surface area contributed by atoms with Gasteiger partial charge in [0.1, 0.15) is 0 Å². The fourth-order valence-electron chi connectivity index (χ4n) is 4.40. The van der Waals surface area contributed by atoms with E-state index >= 15 is 0 Å². The van der Waals surface area contributed by atoms with Crippen molar-refractivity contribution in [2.24, 2.45) is 7.05 Å². The molecule has 0 aliphatic rings. The molecule has 0 spiro atoms. The van der Waals surface area contributed by atoms with Crippen LogP contribution >= 0.6 is 0 Å². The van der Waals surface area contributed by atoms with E-state index in [0.717, 1.165) is 19.4 Å². The van der Waals surface area contributed by atoms with Gasteiger partial charge < -0.3 is 9.47 Å². The summed E-state index contributed by atoms with van der Waals surface area (Å²) < 4.78 is 2.40.